The van der Waals surface area contributed by atoms with Crippen LogP contribution in [0.25, 0.3) is 0 Å². The maximum absolute atomic E-state index is 8.56. The van der Waals surface area contributed by atoms with Crippen molar-refractivity contribution in [1.82, 2.24) is 0 Å². The molecule has 0 fully saturated rings. The van der Waals surface area contributed by atoms with Gasteiger partial charge in [0.25, 0.3) is 0 Å². The summed E-state index contributed by atoms with van der Waals surface area (Å²) < 4.78 is 4.96. The minimum atomic E-state index is -1.83. The van der Waals surface area contributed by atoms with Crippen LogP contribution in [-0.2, 0) is 9.62 Å². The van der Waals surface area contributed by atoms with Gasteiger partial charge in [0.15, 0.2) is 6.29 Å². The SMILES string of the molecule is CCCCOC(C)OO.O=C(O)O.O=C(O)O. The lowest BCUT2D eigenvalue weighted by Crippen LogP contribution is -2.10. The fourth-order valence-corrected chi connectivity index (χ4v) is 0.424. The third-order valence-electron chi connectivity index (χ3n) is 0.999. The minimum Gasteiger partial charge on any atom is -0.450 e. The lowest BCUT2D eigenvalue weighted by molar-refractivity contribution is -0.339. The Balaban J connectivity index is -0.000000205. The van der Waals surface area contributed by atoms with E-state index in [0.29, 0.717) is 6.61 Å². The average molecular weight is 258 g/mol. The summed E-state index contributed by atoms with van der Waals surface area (Å²) in [4.78, 5) is 21.0. The fourth-order valence-electron chi connectivity index (χ4n) is 0.424. The van der Waals surface area contributed by atoms with E-state index >= 15 is 0 Å². The third-order valence-corrected chi connectivity index (χ3v) is 0.999. The molecule has 0 saturated carbocycles. The Morgan fingerprint density at radius 3 is 1.71 bits per heavy atom. The third kappa shape index (κ3) is 75.7. The predicted molar refractivity (Wildman–Crippen MR) is 55.3 cm³/mol. The highest BCUT2D eigenvalue weighted by Gasteiger charge is 1.97. The first-order chi connectivity index (χ1) is 7.77. The van der Waals surface area contributed by atoms with Gasteiger partial charge in [0.2, 0.25) is 0 Å². The molecule has 9 nitrogen and oxygen atoms in total. The molecule has 0 aromatic heterocycles. The van der Waals surface area contributed by atoms with Gasteiger partial charge in [-0.15, -0.1) is 0 Å². The highest BCUT2D eigenvalue weighted by atomic mass is 17.1. The zero-order valence-corrected chi connectivity index (χ0v) is 9.57. The fraction of sp³-hybridized carbons (Fsp3) is 0.750. The molecule has 5 N–H and O–H groups in total. The molecule has 0 aromatic rings. The van der Waals surface area contributed by atoms with Gasteiger partial charge in [-0.2, -0.15) is 0 Å². The van der Waals surface area contributed by atoms with Gasteiger partial charge in [-0.1, -0.05) is 13.3 Å². The molecule has 1 unspecified atom stereocenters. The van der Waals surface area contributed by atoms with Gasteiger partial charge in [-0.25, -0.2) is 19.7 Å². The Hall–Kier alpha value is -1.58. The van der Waals surface area contributed by atoms with E-state index in [4.69, 9.17) is 40.0 Å². The molecule has 0 amide bonds. The van der Waals surface area contributed by atoms with Crippen LogP contribution < -0.4 is 0 Å². The molecular weight excluding hydrogens is 240 g/mol. The predicted octanol–water partition coefficient (Wildman–Crippen LogP) is 2.08. The summed E-state index contributed by atoms with van der Waals surface area (Å²) in [5.41, 5.74) is 0. The number of carboxylic acid groups (broad SMARTS) is 4. The second-order valence-electron chi connectivity index (χ2n) is 2.46. The molecule has 0 bridgehead atoms. The summed E-state index contributed by atoms with van der Waals surface area (Å²) in [6, 6.07) is 0. The van der Waals surface area contributed by atoms with Crippen molar-refractivity contribution in [2.75, 3.05) is 6.61 Å². The van der Waals surface area contributed by atoms with Crippen molar-refractivity contribution >= 4 is 12.3 Å². The summed E-state index contributed by atoms with van der Waals surface area (Å²) in [5.74, 6) is 0. The highest BCUT2D eigenvalue weighted by molar-refractivity contribution is 5.53. The number of unbranched alkanes of at least 4 members (excludes halogenated alkanes) is 1. The van der Waals surface area contributed by atoms with Crippen LogP contribution in [0.5, 0.6) is 0 Å². The lowest BCUT2D eigenvalue weighted by Gasteiger charge is -2.07. The van der Waals surface area contributed by atoms with Crippen LogP contribution in [0.15, 0.2) is 0 Å². The number of rotatable bonds is 5. The van der Waals surface area contributed by atoms with Crippen molar-refractivity contribution in [3.63, 3.8) is 0 Å². The van der Waals surface area contributed by atoms with Gasteiger partial charge >= 0.3 is 12.3 Å². The van der Waals surface area contributed by atoms with Crippen molar-refractivity contribution in [2.45, 2.75) is 33.0 Å². The van der Waals surface area contributed by atoms with Crippen LogP contribution in [0.1, 0.15) is 26.7 Å². The standard InChI is InChI=1S/C6H14O3.2CH2O3/c1-3-4-5-8-6(2)9-7;2*2-1(3)4/h6-7H,3-5H2,1-2H3;2*(H2,2,3,4). The molecule has 0 spiro atoms. The molecule has 0 heterocycles. The summed E-state index contributed by atoms with van der Waals surface area (Å²) in [5, 5.41) is 35.9. The van der Waals surface area contributed by atoms with Crippen molar-refractivity contribution < 1.29 is 44.9 Å². The topological polar surface area (TPSA) is 154 Å². The number of ether oxygens (including phenoxy) is 1. The molecule has 0 aromatic carbocycles. The smallest absolute Gasteiger partial charge is 0.450 e. The van der Waals surface area contributed by atoms with Crippen LogP contribution in [0, 0.1) is 0 Å². The zero-order chi connectivity index (χ0) is 14.3. The van der Waals surface area contributed by atoms with Crippen LogP contribution in [0.4, 0.5) is 9.59 Å². The Labute approximate surface area is 97.8 Å². The minimum absolute atomic E-state index is 0.489. The molecule has 17 heavy (non-hydrogen) atoms. The lowest BCUT2D eigenvalue weighted by atomic mass is 10.4. The van der Waals surface area contributed by atoms with Crippen molar-refractivity contribution in [2.24, 2.45) is 0 Å². The quantitative estimate of drug-likeness (QED) is 0.216. The average Bonchev–Trinajstić information content (AvgIpc) is 2.16. The zero-order valence-electron chi connectivity index (χ0n) is 9.57. The number of hydrogen-bond donors (Lipinski definition) is 5. The molecular formula is C8H18O9. The molecule has 0 rings (SSSR count). The van der Waals surface area contributed by atoms with E-state index in [-0.39, 0.29) is 0 Å². The van der Waals surface area contributed by atoms with Gasteiger partial charge in [0.1, 0.15) is 0 Å². The van der Waals surface area contributed by atoms with Crippen molar-refractivity contribution in [1.29, 1.82) is 0 Å². The van der Waals surface area contributed by atoms with Crippen LogP contribution in [-0.4, -0.2) is 50.9 Å². The first kappa shape index (κ1) is 20.8. The van der Waals surface area contributed by atoms with Crippen LogP contribution >= 0.6 is 0 Å². The monoisotopic (exact) mass is 258 g/mol. The Kier molecular flexibility index (Phi) is 20.6. The normalized spacial score (nSPS) is 10.1. The molecule has 0 saturated heterocycles. The van der Waals surface area contributed by atoms with E-state index in [1.807, 2.05) is 0 Å². The second-order valence-corrected chi connectivity index (χ2v) is 2.46. The molecule has 0 aliphatic carbocycles. The van der Waals surface area contributed by atoms with Gasteiger partial charge in [0, 0.05) is 6.61 Å². The highest BCUT2D eigenvalue weighted by Crippen LogP contribution is 1.93. The van der Waals surface area contributed by atoms with Crippen LogP contribution in [0.2, 0.25) is 0 Å². The van der Waals surface area contributed by atoms with Gasteiger partial charge in [0.05, 0.1) is 0 Å². The van der Waals surface area contributed by atoms with E-state index < -0.39 is 18.6 Å². The maximum atomic E-state index is 8.56. The molecule has 1 atom stereocenters. The van der Waals surface area contributed by atoms with E-state index in [1.165, 1.54) is 0 Å². The first-order valence-corrected chi connectivity index (χ1v) is 4.53. The van der Waals surface area contributed by atoms with E-state index in [9.17, 15) is 0 Å². The summed E-state index contributed by atoms with van der Waals surface area (Å²) in [7, 11) is 0. The van der Waals surface area contributed by atoms with Gasteiger partial charge in [-0.3, -0.25) is 0 Å². The maximum Gasteiger partial charge on any atom is 0.503 e. The number of hydrogen-bond acceptors (Lipinski definition) is 5. The van der Waals surface area contributed by atoms with E-state index in [1.54, 1.807) is 6.92 Å². The Morgan fingerprint density at radius 1 is 1.12 bits per heavy atom. The van der Waals surface area contributed by atoms with Gasteiger partial charge in [-0.05, 0) is 13.3 Å². The Bertz CT molecular complexity index is 162. The Morgan fingerprint density at radius 2 is 1.47 bits per heavy atom. The summed E-state index contributed by atoms with van der Waals surface area (Å²) >= 11 is 0. The number of carbonyl (C=O) groups is 2. The van der Waals surface area contributed by atoms with E-state index in [2.05, 4.69) is 11.8 Å². The molecule has 9 heteroatoms. The summed E-state index contributed by atoms with van der Waals surface area (Å²) in [6.45, 7) is 4.38. The second kappa shape index (κ2) is 16.8. The van der Waals surface area contributed by atoms with Gasteiger partial charge < -0.3 is 25.2 Å². The van der Waals surface area contributed by atoms with Crippen LogP contribution in [0.3, 0.4) is 0 Å². The molecule has 104 valence electrons. The van der Waals surface area contributed by atoms with E-state index in [0.717, 1.165) is 12.8 Å². The van der Waals surface area contributed by atoms with Crippen molar-refractivity contribution in [3.8, 4) is 0 Å². The van der Waals surface area contributed by atoms with Crippen molar-refractivity contribution in [3.05, 3.63) is 0 Å². The largest absolute Gasteiger partial charge is 0.503 e. The molecule has 0 aliphatic heterocycles. The molecule has 0 radical (unpaired) electrons. The summed E-state index contributed by atoms with van der Waals surface area (Å²) in [6.07, 6.45) is -2.05. The molecule has 0 aliphatic rings. The first-order valence-electron chi connectivity index (χ1n) is 4.53.